The molecule has 0 saturated heterocycles. The van der Waals surface area contributed by atoms with Crippen LogP contribution >= 0.6 is 24.0 Å². The Labute approximate surface area is 246 Å². The van der Waals surface area contributed by atoms with Gasteiger partial charge in [0, 0.05) is 16.5 Å². The van der Waals surface area contributed by atoms with Crippen molar-refractivity contribution in [2.75, 3.05) is 0 Å². The zero-order chi connectivity index (χ0) is 28.2. The van der Waals surface area contributed by atoms with Crippen molar-refractivity contribution in [3.8, 4) is 22.8 Å². The average Bonchev–Trinajstić information content (AvgIpc) is 3.55. The molecule has 6 heteroatoms. The SMILES string of the molecule is CC/C(C)=c1\cc(-c2ccc(-c3ccc(F)c(Cl)c3)o2)[nH]\c1=C(/C)N=C(C)C.CCCCCCC(C)CC.Cl. The van der Waals surface area contributed by atoms with Crippen LogP contribution in [-0.4, -0.2) is 10.7 Å². The number of hydrogen-bond donors (Lipinski definition) is 1. The van der Waals surface area contributed by atoms with Gasteiger partial charge in [0.2, 0.25) is 0 Å². The number of H-pyrrole nitrogens is 1. The highest BCUT2D eigenvalue weighted by Crippen LogP contribution is 2.29. The molecule has 216 valence electrons. The molecular formula is C33H47Cl2FN2O. The highest BCUT2D eigenvalue weighted by molar-refractivity contribution is 6.31. The van der Waals surface area contributed by atoms with E-state index in [-0.39, 0.29) is 17.4 Å². The van der Waals surface area contributed by atoms with Crippen molar-refractivity contribution >= 4 is 41.0 Å². The van der Waals surface area contributed by atoms with Gasteiger partial charge >= 0.3 is 0 Å². The second kappa shape index (κ2) is 17.4. The van der Waals surface area contributed by atoms with Gasteiger partial charge in [-0.25, -0.2) is 4.39 Å². The predicted molar refractivity (Wildman–Crippen MR) is 171 cm³/mol. The van der Waals surface area contributed by atoms with Crippen LogP contribution in [-0.2, 0) is 0 Å². The summed E-state index contributed by atoms with van der Waals surface area (Å²) in [5.41, 5.74) is 4.82. The van der Waals surface area contributed by atoms with E-state index >= 15 is 0 Å². The molecule has 0 amide bonds. The minimum atomic E-state index is -0.445. The van der Waals surface area contributed by atoms with Crippen LogP contribution in [0.4, 0.5) is 4.39 Å². The van der Waals surface area contributed by atoms with E-state index in [1.165, 1.54) is 50.2 Å². The Kier molecular flexibility index (Phi) is 15.5. The molecule has 3 aromatic rings. The van der Waals surface area contributed by atoms with Gasteiger partial charge in [-0.3, -0.25) is 4.99 Å². The van der Waals surface area contributed by atoms with Crippen LogP contribution in [0.25, 0.3) is 34.0 Å². The van der Waals surface area contributed by atoms with Gasteiger partial charge in [-0.1, -0.05) is 83.4 Å². The lowest BCUT2D eigenvalue weighted by molar-refractivity contribution is 0.477. The summed E-state index contributed by atoms with van der Waals surface area (Å²) in [6, 6.07) is 10.4. The van der Waals surface area contributed by atoms with Crippen molar-refractivity contribution in [3.05, 3.63) is 57.8 Å². The van der Waals surface area contributed by atoms with Crippen LogP contribution in [0, 0.1) is 11.7 Å². The zero-order valence-corrected chi connectivity index (χ0v) is 26.6. The Balaban J connectivity index is 0.000000592. The molecule has 0 aliphatic rings. The number of rotatable bonds is 10. The molecule has 3 nitrogen and oxygen atoms in total. The summed E-state index contributed by atoms with van der Waals surface area (Å²) in [4.78, 5) is 8.07. The Morgan fingerprint density at radius 2 is 1.67 bits per heavy atom. The molecule has 0 aliphatic heterocycles. The molecule has 39 heavy (non-hydrogen) atoms. The molecular weight excluding hydrogens is 530 g/mol. The highest BCUT2D eigenvalue weighted by Gasteiger charge is 2.11. The zero-order valence-electron chi connectivity index (χ0n) is 25.0. The number of hydrogen-bond acceptors (Lipinski definition) is 2. The van der Waals surface area contributed by atoms with Gasteiger partial charge in [0.1, 0.15) is 11.6 Å². The maximum Gasteiger partial charge on any atom is 0.151 e. The van der Waals surface area contributed by atoms with Crippen LogP contribution in [0.5, 0.6) is 0 Å². The number of nitrogens with zero attached hydrogens (tertiary/aromatic N) is 1. The van der Waals surface area contributed by atoms with E-state index in [0.717, 1.165) is 45.6 Å². The second-order valence-electron chi connectivity index (χ2n) is 10.4. The fourth-order valence-corrected chi connectivity index (χ4v) is 4.38. The molecule has 1 aromatic carbocycles. The van der Waals surface area contributed by atoms with E-state index in [1.54, 1.807) is 12.1 Å². The third-order valence-corrected chi connectivity index (χ3v) is 7.17. The number of furan rings is 1. The summed E-state index contributed by atoms with van der Waals surface area (Å²) in [6.07, 6.45) is 9.42. The standard InChI is InChI=1S/C23H24ClFN2O.C10H22.ClH/c1-6-14(4)17-12-20(27-23(17)15(5)26-13(2)3)22-10-9-21(28-22)16-7-8-19(25)18(24)11-16;1-4-6-7-8-9-10(3)5-2;/h7-12,27H,6H2,1-5H3;10H,4-9H2,1-3H3;1H/b17-14+,23-15+;;. The first-order chi connectivity index (χ1) is 18.1. The fourth-order valence-electron chi connectivity index (χ4n) is 4.20. The lowest BCUT2D eigenvalue weighted by Crippen LogP contribution is -2.26. The van der Waals surface area contributed by atoms with E-state index in [4.69, 9.17) is 16.0 Å². The third kappa shape index (κ3) is 10.7. The first-order valence-corrected chi connectivity index (χ1v) is 14.5. The van der Waals surface area contributed by atoms with Crippen molar-refractivity contribution < 1.29 is 8.81 Å². The molecule has 0 spiro atoms. The number of halogens is 3. The Bertz CT molecular complexity index is 1320. The predicted octanol–water partition coefficient (Wildman–Crippen LogP) is 10.3. The molecule has 1 unspecified atom stereocenters. The first kappa shape index (κ1) is 34.7. The Morgan fingerprint density at radius 3 is 2.26 bits per heavy atom. The molecule has 2 aromatic heterocycles. The summed E-state index contributed by atoms with van der Waals surface area (Å²) < 4.78 is 19.5. The number of nitrogens with one attached hydrogen (secondary N) is 1. The van der Waals surface area contributed by atoms with Crippen molar-refractivity contribution in [1.82, 2.24) is 4.98 Å². The molecule has 0 fully saturated rings. The Morgan fingerprint density at radius 1 is 0.974 bits per heavy atom. The molecule has 0 aliphatic carbocycles. The molecule has 2 heterocycles. The van der Waals surface area contributed by atoms with Gasteiger partial charge in [0.05, 0.1) is 21.8 Å². The molecule has 3 rings (SSSR count). The largest absolute Gasteiger partial charge is 0.455 e. The van der Waals surface area contributed by atoms with E-state index in [9.17, 15) is 4.39 Å². The molecule has 1 atom stereocenters. The van der Waals surface area contributed by atoms with Gasteiger partial charge in [-0.05, 0) is 76.4 Å². The number of benzene rings is 1. The summed E-state index contributed by atoms with van der Waals surface area (Å²) >= 11 is 5.90. The number of aliphatic imine (C=N–C) groups is 1. The maximum absolute atomic E-state index is 13.4. The number of aromatic amines is 1. The van der Waals surface area contributed by atoms with Crippen LogP contribution < -0.4 is 10.6 Å². The third-order valence-electron chi connectivity index (χ3n) is 6.88. The molecule has 0 saturated carbocycles. The summed E-state index contributed by atoms with van der Waals surface area (Å²) in [6.45, 7) is 17.1. The number of aromatic nitrogens is 1. The van der Waals surface area contributed by atoms with Gasteiger partial charge in [-0.2, -0.15) is 0 Å². The lowest BCUT2D eigenvalue weighted by atomic mass is 10.0. The number of unbranched alkanes of at least 4 members (excludes halogenated alkanes) is 3. The quantitative estimate of drug-likeness (QED) is 0.189. The second-order valence-corrected chi connectivity index (χ2v) is 10.8. The van der Waals surface area contributed by atoms with Gasteiger partial charge in [-0.15, -0.1) is 12.4 Å². The van der Waals surface area contributed by atoms with Crippen molar-refractivity contribution in [2.45, 2.75) is 100 Å². The van der Waals surface area contributed by atoms with Crippen LogP contribution in [0.3, 0.4) is 0 Å². The molecule has 0 radical (unpaired) electrons. The van der Waals surface area contributed by atoms with Crippen LogP contribution in [0.1, 0.15) is 100 Å². The van der Waals surface area contributed by atoms with Crippen molar-refractivity contribution in [1.29, 1.82) is 0 Å². The van der Waals surface area contributed by atoms with Crippen LogP contribution in [0.2, 0.25) is 5.02 Å². The van der Waals surface area contributed by atoms with Crippen molar-refractivity contribution in [2.24, 2.45) is 10.9 Å². The van der Waals surface area contributed by atoms with Crippen LogP contribution in [0.15, 0.2) is 45.8 Å². The van der Waals surface area contributed by atoms with E-state index in [2.05, 4.69) is 50.7 Å². The van der Waals surface area contributed by atoms with Crippen molar-refractivity contribution in [3.63, 3.8) is 0 Å². The van der Waals surface area contributed by atoms with E-state index in [1.807, 2.05) is 32.9 Å². The minimum Gasteiger partial charge on any atom is -0.455 e. The lowest BCUT2D eigenvalue weighted by Gasteiger charge is -2.06. The fraction of sp³-hybridized carbons (Fsp3) is 0.485. The van der Waals surface area contributed by atoms with E-state index < -0.39 is 5.82 Å². The summed E-state index contributed by atoms with van der Waals surface area (Å²) in [5.74, 6) is 1.85. The summed E-state index contributed by atoms with van der Waals surface area (Å²) in [5, 5.41) is 2.21. The van der Waals surface area contributed by atoms with E-state index in [0.29, 0.717) is 11.5 Å². The maximum atomic E-state index is 13.4. The van der Waals surface area contributed by atoms with Gasteiger partial charge in [0.15, 0.2) is 5.76 Å². The monoisotopic (exact) mass is 576 g/mol. The smallest absolute Gasteiger partial charge is 0.151 e. The Hall–Kier alpha value is -2.30. The molecule has 0 bridgehead atoms. The summed E-state index contributed by atoms with van der Waals surface area (Å²) in [7, 11) is 0. The van der Waals surface area contributed by atoms with Gasteiger partial charge < -0.3 is 9.40 Å². The molecule has 1 N–H and O–H groups in total. The highest BCUT2D eigenvalue weighted by atomic mass is 35.5. The topological polar surface area (TPSA) is 41.3 Å². The van der Waals surface area contributed by atoms with Gasteiger partial charge in [0.25, 0.3) is 0 Å². The average molecular weight is 578 g/mol. The minimum absolute atomic E-state index is 0. The normalized spacial score (nSPS) is 13.1. The first-order valence-electron chi connectivity index (χ1n) is 14.1.